The Bertz CT molecular complexity index is 511. The molecule has 1 aromatic carbocycles. The molecule has 2 rings (SSSR count). The first kappa shape index (κ1) is 15.8. The van der Waals surface area contributed by atoms with Crippen LogP contribution in [0.1, 0.15) is 32.3 Å². The normalized spacial score (nSPS) is 17.6. The Labute approximate surface area is 127 Å². The van der Waals surface area contributed by atoms with Crippen molar-refractivity contribution in [1.82, 2.24) is 5.32 Å². The summed E-state index contributed by atoms with van der Waals surface area (Å²) in [4.78, 5) is 14.1. The van der Waals surface area contributed by atoms with Crippen molar-refractivity contribution < 1.29 is 9.90 Å². The molecule has 1 unspecified atom stereocenters. The highest BCUT2D eigenvalue weighted by atomic mass is 16.4. The van der Waals surface area contributed by atoms with Crippen molar-refractivity contribution in [2.24, 2.45) is 5.92 Å². The average molecular weight is 290 g/mol. The first-order valence-corrected chi connectivity index (χ1v) is 7.64. The Morgan fingerprint density at radius 2 is 2.05 bits per heavy atom. The number of anilines is 1. The largest absolute Gasteiger partial charge is 0.480 e. The van der Waals surface area contributed by atoms with Gasteiger partial charge in [0.2, 0.25) is 0 Å². The lowest BCUT2D eigenvalue weighted by Crippen LogP contribution is -2.62. The molecule has 0 aromatic heterocycles. The van der Waals surface area contributed by atoms with Crippen molar-refractivity contribution >= 4 is 11.7 Å². The third-order valence-electron chi connectivity index (χ3n) is 4.22. The lowest BCUT2D eigenvalue weighted by molar-refractivity contribution is -0.145. The van der Waals surface area contributed by atoms with E-state index in [0.717, 1.165) is 18.5 Å². The summed E-state index contributed by atoms with van der Waals surface area (Å²) in [5.74, 6) is -0.511. The number of hydrogen-bond acceptors (Lipinski definition) is 3. The molecule has 1 aliphatic rings. The van der Waals surface area contributed by atoms with E-state index in [2.05, 4.69) is 23.2 Å². The molecule has 1 fully saturated rings. The van der Waals surface area contributed by atoms with Gasteiger partial charge in [-0.1, -0.05) is 18.2 Å². The van der Waals surface area contributed by atoms with Gasteiger partial charge in [-0.2, -0.15) is 0 Å². The maximum atomic E-state index is 12.0. The Kier molecular flexibility index (Phi) is 4.57. The number of benzene rings is 1. The number of para-hydroxylation sites is 1. The van der Waals surface area contributed by atoms with E-state index in [1.165, 1.54) is 5.56 Å². The number of rotatable bonds is 7. The number of carboxylic acid groups (broad SMARTS) is 1. The van der Waals surface area contributed by atoms with E-state index in [9.17, 15) is 9.90 Å². The van der Waals surface area contributed by atoms with Crippen molar-refractivity contribution in [2.45, 2.75) is 45.2 Å². The minimum absolute atomic E-state index is 0.145. The van der Waals surface area contributed by atoms with Gasteiger partial charge in [0.25, 0.3) is 0 Å². The van der Waals surface area contributed by atoms with E-state index in [-0.39, 0.29) is 12.0 Å². The molecule has 4 heteroatoms. The second kappa shape index (κ2) is 6.06. The Hall–Kier alpha value is -1.55. The molecule has 1 saturated carbocycles. The molecular formula is C17H26N2O2. The molecule has 0 saturated heterocycles. The van der Waals surface area contributed by atoms with E-state index in [1.807, 2.05) is 39.1 Å². The zero-order valence-electron chi connectivity index (χ0n) is 13.4. The molecule has 116 valence electrons. The summed E-state index contributed by atoms with van der Waals surface area (Å²) in [7, 11) is 1.98. The molecule has 0 heterocycles. The first-order chi connectivity index (χ1) is 9.86. The molecular weight excluding hydrogens is 264 g/mol. The lowest BCUT2D eigenvalue weighted by Gasteiger charge is -2.37. The smallest absolute Gasteiger partial charge is 0.326 e. The maximum absolute atomic E-state index is 12.0. The van der Waals surface area contributed by atoms with Gasteiger partial charge in [-0.15, -0.1) is 0 Å². The average Bonchev–Trinajstić information content (AvgIpc) is 3.21. The topological polar surface area (TPSA) is 52.6 Å². The molecule has 0 radical (unpaired) electrons. The first-order valence-electron chi connectivity index (χ1n) is 7.64. The Balaban J connectivity index is 2.26. The van der Waals surface area contributed by atoms with E-state index < -0.39 is 11.5 Å². The van der Waals surface area contributed by atoms with Gasteiger partial charge in [0.1, 0.15) is 5.54 Å². The van der Waals surface area contributed by atoms with Crippen molar-refractivity contribution in [3.63, 3.8) is 0 Å². The van der Waals surface area contributed by atoms with Gasteiger partial charge >= 0.3 is 5.97 Å². The fourth-order valence-corrected chi connectivity index (χ4v) is 3.14. The van der Waals surface area contributed by atoms with Crippen LogP contribution in [0, 0.1) is 12.8 Å². The molecule has 0 amide bonds. The molecule has 0 spiro atoms. The van der Waals surface area contributed by atoms with E-state index in [1.54, 1.807) is 0 Å². The van der Waals surface area contributed by atoms with Crippen LogP contribution in [-0.4, -0.2) is 36.2 Å². The number of hydrogen-bond donors (Lipinski definition) is 2. The molecule has 0 aliphatic heterocycles. The monoisotopic (exact) mass is 290 g/mol. The van der Waals surface area contributed by atoms with Gasteiger partial charge in [0.05, 0.1) is 0 Å². The van der Waals surface area contributed by atoms with E-state index >= 15 is 0 Å². The predicted octanol–water partition coefficient (Wildman–Crippen LogP) is 2.66. The minimum atomic E-state index is -0.856. The van der Waals surface area contributed by atoms with Crippen LogP contribution in [0.4, 0.5) is 5.69 Å². The summed E-state index contributed by atoms with van der Waals surface area (Å²) >= 11 is 0. The zero-order valence-corrected chi connectivity index (χ0v) is 13.4. The highest BCUT2D eigenvalue weighted by Crippen LogP contribution is 2.41. The van der Waals surface area contributed by atoms with Crippen LogP contribution in [0.25, 0.3) is 0 Å². The van der Waals surface area contributed by atoms with Gasteiger partial charge in [0.15, 0.2) is 0 Å². The molecule has 21 heavy (non-hydrogen) atoms. The molecule has 4 nitrogen and oxygen atoms in total. The third-order valence-corrected chi connectivity index (χ3v) is 4.22. The summed E-state index contributed by atoms with van der Waals surface area (Å²) in [6, 6.07) is 8.25. The van der Waals surface area contributed by atoms with Gasteiger partial charge in [-0.25, -0.2) is 0 Å². The van der Waals surface area contributed by atoms with Gasteiger partial charge in [-0.3, -0.25) is 10.1 Å². The Morgan fingerprint density at radius 3 is 2.52 bits per heavy atom. The van der Waals surface area contributed by atoms with Gasteiger partial charge < -0.3 is 10.0 Å². The van der Waals surface area contributed by atoms with Crippen molar-refractivity contribution in [1.29, 1.82) is 0 Å². The fourth-order valence-electron chi connectivity index (χ4n) is 3.14. The second-order valence-electron chi connectivity index (χ2n) is 6.49. The van der Waals surface area contributed by atoms with Crippen LogP contribution in [-0.2, 0) is 4.79 Å². The number of aryl methyl sites for hydroxylation is 1. The highest BCUT2D eigenvalue weighted by molar-refractivity contribution is 5.81. The van der Waals surface area contributed by atoms with Crippen LogP contribution in [0.3, 0.4) is 0 Å². The molecule has 1 aliphatic carbocycles. The number of carboxylic acids is 1. The molecule has 1 atom stereocenters. The van der Waals surface area contributed by atoms with Crippen LogP contribution in [0.5, 0.6) is 0 Å². The van der Waals surface area contributed by atoms with Crippen LogP contribution in [0.2, 0.25) is 0 Å². The van der Waals surface area contributed by atoms with Crippen LogP contribution in [0.15, 0.2) is 24.3 Å². The standard InChI is InChI=1S/C17H26N2O2/c1-12(2)18-17(16(20)21,14-9-10-14)11-19(4)15-8-6-5-7-13(15)3/h5-8,12,14,18H,9-11H2,1-4H3,(H,20,21). The highest BCUT2D eigenvalue weighted by Gasteiger charge is 2.52. The van der Waals surface area contributed by atoms with Gasteiger partial charge in [0, 0.05) is 25.3 Å². The maximum Gasteiger partial charge on any atom is 0.326 e. The Morgan fingerprint density at radius 1 is 1.43 bits per heavy atom. The number of nitrogens with one attached hydrogen (secondary N) is 1. The molecule has 2 N–H and O–H groups in total. The molecule has 0 bridgehead atoms. The summed E-state index contributed by atoms with van der Waals surface area (Å²) in [5.41, 5.74) is 1.40. The van der Waals surface area contributed by atoms with Gasteiger partial charge in [-0.05, 0) is 51.2 Å². The van der Waals surface area contributed by atoms with E-state index in [0.29, 0.717) is 6.54 Å². The summed E-state index contributed by atoms with van der Waals surface area (Å²) in [6.07, 6.45) is 1.99. The summed E-state index contributed by atoms with van der Waals surface area (Å²) in [6.45, 7) is 6.55. The summed E-state index contributed by atoms with van der Waals surface area (Å²) in [5, 5.41) is 13.2. The van der Waals surface area contributed by atoms with Crippen molar-refractivity contribution in [3.8, 4) is 0 Å². The fraction of sp³-hybridized carbons (Fsp3) is 0.588. The summed E-state index contributed by atoms with van der Waals surface area (Å²) < 4.78 is 0. The zero-order chi connectivity index (χ0) is 15.6. The third kappa shape index (κ3) is 3.38. The molecule has 1 aromatic rings. The predicted molar refractivity (Wildman–Crippen MR) is 85.8 cm³/mol. The SMILES string of the molecule is Cc1ccccc1N(C)CC(NC(C)C)(C(=O)O)C1CC1. The quantitative estimate of drug-likeness (QED) is 0.810. The number of aliphatic carboxylic acids is 1. The lowest BCUT2D eigenvalue weighted by atomic mass is 9.91. The van der Waals surface area contributed by atoms with Crippen LogP contribution >= 0.6 is 0 Å². The van der Waals surface area contributed by atoms with Crippen LogP contribution < -0.4 is 10.2 Å². The minimum Gasteiger partial charge on any atom is -0.480 e. The number of carbonyl (C=O) groups is 1. The van der Waals surface area contributed by atoms with Crippen molar-refractivity contribution in [2.75, 3.05) is 18.5 Å². The number of nitrogens with zero attached hydrogens (tertiary/aromatic N) is 1. The second-order valence-corrected chi connectivity index (χ2v) is 6.49. The van der Waals surface area contributed by atoms with E-state index in [4.69, 9.17) is 0 Å². The van der Waals surface area contributed by atoms with Crippen molar-refractivity contribution in [3.05, 3.63) is 29.8 Å². The number of likely N-dealkylation sites (N-methyl/N-ethyl adjacent to an activating group) is 1.